The fourth-order valence-corrected chi connectivity index (χ4v) is 5.40. The number of alkyl halides is 3. The second-order valence-corrected chi connectivity index (χ2v) is 9.92. The van der Waals surface area contributed by atoms with Gasteiger partial charge in [-0.05, 0) is 74.6 Å². The van der Waals surface area contributed by atoms with E-state index < -0.39 is 23.1 Å². The maximum Gasteiger partial charge on any atom is 0.416 e. The number of aromatic nitrogens is 1. The van der Waals surface area contributed by atoms with Crippen molar-refractivity contribution in [2.45, 2.75) is 63.1 Å². The Morgan fingerprint density at radius 1 is 1.03 bits per heavy atom. The summed E-state index contributed by atoms with van der Waals surface area (Å²) in [5.74, 6) is 0.314. The van der Waals surface area contributed by atoms with Crippen LogP contribution in [0, 0.1) is 11.8 Å². The van der Waals surface area contributed by atoms with E-state index in [2.05, 4.69) is 4.98 Å². The highest BCUT2D eigenvalue weighted by Gasteiger charge is 2.37. The maximum atomic E-state index is 12.9. The predicted octanol–water partition coefficient (Wildman–Crippen LogP) is 5.38. The number of halogens is 3. The van der Waals surface area contributed by atoms with Gasteiger partial charge in [-0.2, -0.15) is 13.2 Å². The molecule has 1 atom stereocenters. The quantitative estimate of drug-likeness (QED) is 0.532. The largest absolute Gasteiger partial charge is 0.416 e. The van der Waals surface area contributed by atoms with E-state index in [4.69, 9.17) is 0 Å². The van der Waals surface area contributed by atoms with Crippen LogP contribution in [0.4, 0.5) is 13.2 Å². The molecule has 1 saturated carbocycles. The van der Waals surface area contributed by atoms with Crippen molar-refractivity contribution in [3.63, 3.8) is 0 Å². The van der Waals surface area contributed by atoms with Crippen LogP contribution in [-0.2, 0) is 16.6 Å². The van der Waals surface area contributed by atoms with Crippen molar-refractivity contribution in [2.75, 3.05) is 13.1 Å². The van der Waals surface area contributed by atoms with E-state index in [-0.39, 0.29) is 24.3 Å². The molecule has 0 radical (unpaired) electrons. The molecule has 8 heteroatoms. The van der Waals surface area contributed by atoms with Crippen LogP contribution in [0.3, 0.4) is 0 Å². The summed E-state index contributed by atoms with van der Waals surface area (Å²) in [5, 5.41) is 11.0. The summed E-state index contributed by atoms with van der Waals surface area (Å²) in [7, 11) is 0. The highest BCUT2D eigenvalue weighted by molar-refractivity contribution is 5.98. The highest BCUT2D eigenvalue weighted by Crippen LogP contribution is 2.41. The minimum absolute atomic E-state index is 0.00232. The average molecular weight is 489 g/mol. The van der Waals surface area contributed by atoms with Crippen LogP contribution in [0.25, 0.3) is 0 Å². The number of hydrogen-bond donors (Lipinski definition) is 1. The zero-order valence-corrected chi connectivity index (χ0v) is 19.6. The molecule has 1 aromatic carbocycles. The Bertz CT molecular complexity index is 1030. The van der Waals surface area contributed by atoms with Crippen molar-refractivity contribution < 1.29 is 27.9 Å². The Hall–Kier alpha value is -2.74. The first kappa shape index (κ1) is 25.4. The lowest BCUT2D eigenvalue weighted by Crippen LogP contribution is -2.33. The first-order chi connectivity index (χ1) is 16.6. The van der Waals surface area contributed by atoms with E-state index >= 15 is 0 Å². The normalized spacial score (nSPS) is 25.0. The van der Waals surface area contributed by atoms with Gasteiger partial charge in [-0.15, -0.1) is 0 Å². The smallest absolute Gasteiger partial charge is 0.384 e. The highest BCUT2D eigenvalue weighted by atomic mass is 19.4. The van der Waals surface area contributed by atoms with Crippen LogP contribution in [0.15, 0.2) is 48.7 Å². The Labute approximate surface area is 203 Å². The molecule has 1 aliphatic heterocycles. The first-order valence-electron chi connectivity index (χ1n) is 12.3. The van der Waals surface area contributed by atoms with Gasteiger partial charge >= 0.3 is 6.18 Å². The summed E-state index contributed by atoms with van der Waals surface area (Å²) >= 11 is 0. The molecule has 5 nitrogen and oxygen atoms in total. The van der Waals surface area contributed by atoms with Crippen LogP contribution in [0.5, 0.6) is 0 Å². The van der Waals surface area contributed by atoms with Gasteiger partial charge in [0.15, 0.2) is 5.78 Å². The molecule has 2 aromatic rings. The molecule has 1 saturated heterocycles. The SMILES string of the molecule is O=C(CCC(=O)N1CC[C@H](CC2CCC(O)(c3ccccn3)CC2)C1)c1cccc(C(F)(F)F)c1. The number of benzene rings is 1. The number of nitrogens with zero attached hydrogens (tertiary/aromatic N) is 2. The first-order valence-corrected chi connectivity index (χ1v) is 12.3. The van der Waals surface area contributed by atoms with Crippen molar-refractivity contribution in [3.8, 4) is 0 Å². The second kappa shape index (κ2) is 10.5. The number of carbonyl (C=O) groups is 2. The summed E-state index contributed by atoms with van der Waals surface area (Å²) in [4.78, 5) is 31.1. The third-order valence-electron chi connectivity index (χ3n) is 7.46. The Morgan fingerprint density at radius 2 is 1.80 bits per heavy atom. The molecule has 4 rings (SSSR count). The van der Waals surface area contributed by atoms with Gasteiger partial charge in [-0.1, -0.05) is 18.2 Å². The summed E-state index contributed by atoms with van der Waals surface area (Å²) < 4.78 is 38.6. The van der Waals surface area contributed by atoms with E-state index in [0.29, 0.717) is 37.8 Å². The second-order valence-electron chi connectivity index (χ2n) is 9.92. The van der Waals surface area contributed by atoms with Gasteiger partial charge in [0, 0.05) is 37.7 Å². The van der Waals surface area contributed by atoms with Crippen molar-refractivity contribution in [1.82, 2.24) is 9.88 Å². The molecule has 2 aliphatic rings. The predicted molar refractivity (Wildman–Crippen MR) is 124 cm³/mol. The van der Waals surface area contributed by atoms with Crippen LogP contribution in [0.1, 0.15) is 73.0 Å². The molecule has 0 unspecified atom stereocenters. The van der Waals surface area contributed by atoms with Gasteiger partial charge in [0.05, 0.1) is 11.3 Å². The van der Waals surface area contributed by atoms with E-state index in [9.17, 15) is 27.9 Å². The van der Waals surface area contributed by atoms with Gasteiger partial charge in [-0.25, -0.2) is 0 Å². The number of amides is 1. The van der Waals surface area contributed by atoms with E-state index in [1.807, 2.05) is 18.2 Å². The Balaban J connectivity index is 1.21. The van der Waals surface area contributed by atoms with Crippen LogP contribution in [-0.4, -0.2) is 39.8 Å². The fourth-order valence-electron chi connectivity index (χ4n) is 5.40. The van der Waals surface area contributed by atoms with E-state index in [1.165, 1.54) is 12.1 Å². The van der Waals surface area contributed by atoms with Crippen molar-refractivity contribution in [2.24, 2.45) is 11.8 Å². The number of carbonyl (C=O) groups excluding carboxylic acids is 2. The molecule has 0 bridgehead atoms. The number of ketones is 1. The van der Waals surface area contributed by atoms with Gasteiger partial charge < -0.3 is 10.0 Å². The number of rotatable bonds is 7. The molecule has 35 heavy (non-hydrogen) atoms. The van der Waals surface area contributed by atoms with Gasteiger partial charge in [0.25, 0.3) is 0 Å². The average Bonchev–Trinajstić information content (AvgIpc) is 3.32. The van der Waals surface area contributed by atoms with Crippen LogP contribution >= 0.6 is 0 Å². The molecule has 1 aromatic heterocycles. The van der Waals surface area contributed by atoms with Crippen molar-refractivity contribution in [1.29, 1.82) is 0 Å². The van der Waals surface area contributed by atoms with Gasteiger partial charge in [0.2, 0.25) is 5.91 Å². The molecular formula is C27H31F3N2O3. The minimum atomic E-state index is -4.51. The number of aliphatic hydroxyl groups is 1. The topological polar surface area (TPSA) is 70.5 Å². The summed E-state index contributed by atoms with van der Waals surface area (Å²) in [5.41, 5.74) is -1.01. The van der Waals surface area contributed by atoms with E-state index in [0.717, 1.165) is 43.5 Å². The standard InChI is InChI=1S/C27H31F3N2O3/c28-27(29,30)22-5-3-4-21(17-22)23(33)7-8-25(34)32-15-11-20(18-32)16-19-9-12-26(35,13-10-19)24-6-1-2-14-31-24/h1-6,14,17,19-20,35H,7-13,15-16,18H2/t19?,20-,26?/m1/s1. The molecular weight excluding hydrogens is 457 g/mol. The monoisotopic (exact) mass is 488 g/mol. The third kappa shape index (κ3) is 6.28. The van der Waals surface area contributed by atoms with E-state index in [1.54, 1.807) is 11.1 Å². The van der Waals surface area contributed by atoms with Crippen LogP contribution in [0.2, 0.25) is 0 Å². The van der Waals surface area contributed by atoms with Gasteiger partial charge in [-0.3, -0.25) is 14.6 Å². The number of hydrogen-bond acceptors (Lipinski definition) is 4. The molecule has 0 spiro atoms. The fraction of sp³-hybridized carbons (Fsp3) is 0.519. The zero-order valence-electron chi connectivity index (χ0n) is 19.6. The minimum Gasteiger partial charge on any atom is -0.384 e. The van der Waals surface area contributed by atoms with Crippen molar-refractivity contribution in [3.05, 3.63) is 65.5 Å². The van der Waals surface area contributed by atoms with Gasteiger partial charge in [0.1, 0.15) is 5.60 Å². The molecule has 188 valence electrons. The number of likely N-dealkylation sites (tertiary alicyclic amines) is 1. The maximum absolute atomic E-state index is 12.9. The molecule has 1 N–H and O–H groups in total. The lowest BCUT2D eigenvalue weighted by Gasteiger charge is -2.36. The molecule has 1 aliphatic carbocycles. The molecule has 1 amide bonds. The molecule has 2 heterocycles. The summed E-state index contributed by atoms with van der Waals surface area (Å²) in [6, 6.07) is 9.95. The zero-order chi connectivity index (χ0) is 25.1. The Kier molecular flexibility index (Phi) is 7.59. The third-order valence-corrected chi connectivity index (χ3v) is 7.46. The summed E-state index contributed by atoms with van der Waals surface area (Å²) in [6.45, 7) is 1.30. The van der Waals surface area contributed by atoms with Crippen molar-refractivity contribution >= 4 is 11.7 Å². The lowest BCUT2D eigenvalue weighted by atomic mass is 9.74. The number of pyridine rings is 1. The van der Waals surface area contributed by atoms with Crippen LogP contribution < -0.4 is 0 Å². The Morgan fingerprint density at radius 3 is 2.49 bits per heavy atom. The summed E-state index contributed by atoms with van der Waals surface area (Å²) in [6.07, 6.45) is 2.22. The number of Topliss-reactive ketones (excluding diaryl/α,β-unsaturated/α-hetero) is 1. The molecule has 2 fully saturated rings. The lowest BCUT2D eigenvalue weighted by molar-refractivity contribution is -0.137.